The fraction of sp³-hybridized carbons (Fsp3) is 0.396. The topological polar surface area (TPSA) is 80.3 Å². The van der Waals surface area contributed by atoms with Crippen LogP contribution < -0.4 is 14.8 Å². The fourth-order valence-electron chi connectivity index (χ4n) is 8.38. The molecule has 5 aromatic rings. The van der Waals surface area contributed by atoms with Crippen molar-refractivity contribution in [2.24, 2.45) is 5.92 Å². The monoisotopic (exact) mass is 855 g/mol. The molecule has 6 rings (SSSR count). The number of benzene rings is 5. The summed E-state index contributed by atoms with van der Waals surface area (Å²) in [7, 11) is 0. The van der Waals surface area contributed by atoms with Gasteiger partial charge in [0.15, 0.2) is 0 Å². The molecular weight excluding hydrogens is 791 g/mol. The van der Waals surface area contributed by atoms with Gasteiger partial charge < -0.3 is 29.3 Å². The average Bonchev–Trinajstić information content (AvgIpc) is 3.69. The lowest BCUT2D eigenvalue weighted by Crippen LogP contribution is -2.53. The van der Waals surface area contributed by atoms with E-state index in [2.05, 4.69) is 110 Å². The molecule has 1 N–H and O–H groups in total. The summed E-state index contributed by atoms with van der Waals surface area (Å²) in [6.07, 6.45) is 1.15. The number of thioether (sulfide) groups is 1. The van der Waals surface area contributed by atoms with Crippen molar-refractivity contribution in [3.05, 3.63) is 167 Å². The number of hydrogen-bond acceptors (Lipinski definition) is 7. The molecule has 4 atom stereocenters. The minimum atomic E-state index is -0.673. The molecule has 0 aliphatic carbocycles. The quantitative estimate of drug-likeness (QED) is 0.0829. The Bertz CT molecular complexity index is 2010. The van der Waals surface area contributed by atoms with Crippen LogP contribution in [0.4, 0.5) is 4.79 Å². The number of likely N-dealkylation sites (tertiary alicyclic amines) is 1. The first kappa shape index (κ1) is 46.3. The van der Waals surface area contributed by atoms with Crippen LogP contribution >= 0.6 is 11.8 Å². The molecule has 0 bridgehead atoms. The van der Waals surface area contributed by atoms with Gasteiger partial charge >= 0.3 is 6.09 Å². The number of rotatable bonds is 19. The van der Waals surface area contributed by atoms with Gasteiger partial charge in [-0.3, -0.25) is 4.79 Å². The van der Waals surface area contributed by atoms with Gasteiger partial charge in [0, 0.05) is 48.6 Å². The van der Waals surface area contributed by atoms with Crippen LogP contribution in [0.1, 0.15) is 89.1 Å². The average molecular weight is 856 g/mol. The predicted octanol–water partition coefficient (Wildman–Crippen LogP) is 11.1. The first-order valence-electron chi connectivity index (χ1n) is 22.2. The molecule has 1 heterocycles. The number of carbonyl (C=O) groups excluding carboxylic acids is 2. The first-order chi connectivity index (χ1) is 30.0. The highest BCUT2D eigenvalue weighted by Crippen LogP contribution is 2.52. The predicted molar refractivity (Wildman–Crippen MR) is 253 cm³/mol. The molecule has 1 fully saturated rings. The molecule has 9 heteroatoms. The zero-order valence-corrected chi connectivity index (χ0v) is 38.4. The highest BCUT2D eigenvalue weighted by Gasteiger charge is 2.45. The number of nitrogens with zero attached hydrogens (tertiary/aromatic N) is 2. The van der Waals surface area contributed by atoms with Gasteiger partial charge in [-0.15, -0.1) is 11.8 Å². The number of amides is 2. The van der Waals surface area contributed by atoms with Crippen molar-refractivity contribution < 1.29 is 23.8 Å². The van der Waals surface area contributed by atoms with Crippen molar-refractivity contribution in [3.63, 3.8) is 0 Å². The summed E-state index contributed by atoms with van der Waals surface area (Å²) in [4.78, 5) is 33.2. The normalized spacial score (nSPS) is 16.3. The van der Waals surface area contributed by atoms with Crippen molar-refractivity contribution in [3.8, 4) is 11.5 Å². The lowest BCUT2D eigenvalue weighted by molar-refractivity contribution is -0.136. The van der Waals surface area contributed by atoms with E-state index in [1.165, 1.54) is 16.7 Å². The van der Waals surface area contributed by atoms with E-state index in [4.69, 9.17) is 14.2 Å². The molecule has 62 heavy (non-hydrogen) atoms. The summed E-state index contributed by atoms with van der Waals surface area (Å²) in [5.41, 5.74) is 4.72. The van der Waals surface area contributed by atoms with Gasteiger partial charge in [0.1, 0.15) is 17.1 Å². The molecule has 8 nitrogen and oxygen atoms in total. The molecule has 0 saturated carbocycles. The zero-order valence-electron chi connectivity index (χ0n) is 37.6. The Morgan fingerprint density at radius 1 is 0.710 bits per heavy atom. The van der Waals surface area contributed by atoms with E-state index >= 15 is 4.79 Å². The van der Waals surface area contributed by atoms with Crippen LogP contribution in [0.5, 0.6) is 11.5 Å². The van der Waals surface area contributed by atoms with Gasteiger partial charge in [-0.05, 0) is 75.8 Å². The Hall–Kier alpha value is -5.25. The molecule has 328 valence electrons. The minimum Gasteiger partial charge on any atom is -0.494 e. The van der Waals surface area contributed by atoms with E-state index in [0.717, 1.165) is 29.0 Å². The smallest absolute Gasteiger partial charge is 0.410 e. The molecular formula is C53H65N3O5S. The molecule has 1 aliphatic rings. The summed E-state index contributed by atoms with van der Waals surface area (Å²) < 4.78 is 17.6. The Morgan fingerprint density at radius 2 is 1.16 bits per heavy atom. The molecule has 1 aliphatic heterocycles. The van der Waals surface area contributed by atoms with Crippen molar-refractivity contribution in [2.75, 3.05) is 26.3 Å². The van der Waals surface area contributed by atoms with Gasteiger partial charge in [0.05, 0.1) is 24.0 Å². The number of nitrogens with one attached hydrogen (secondary N) is 1. The maximum Gasteiger partial charge on any atom is 0.410 e. The Labute approximate surface area is 374 Å². The van der Waals surface area contributed by atoms with E-state index < -0.39 is 16.4 Å². The zero-order chi connectivity index (χ0) is 44.1. The lowest BCUT2D eigenvalue weighted by Gasteiger charge is -2.37. The van der Waals surface area contributed by atoms with Gasteiger partial charge in [0.25, 0.3) is 0 Å². The molecule has 2 amide bonds. The van der Waals surface area contributed by atoms with Crippen molar-refractivity contribution in [2.45, 2.75) is 102 Å². The van der Waals surface area contributed by atoms with E-state index in [9.17, 15) is 4.79 Å². The van der Waals surface area contributed by atoms with Crippen LogP contribution in [-0.4, -0.2) is 71.0 Å². The van der Waals surface area contributed by atoms with Crippen molar-refractivity contribution in [1.29, 1.82) is 0 Å². The maximum atomic E-state index is 15.2. The van der Waals surface area contributed by atoms with Crippen LogP contribution in [0.2, 0.25) is 0 Å². The van der Waals surface area contributed by atoms with E-state index in [0.29, 0.717) is 45.8 Å². The van der Waals surface area contributed by atoms with E-state index in [-0.39, 0.29) is 29.2 Å². The lowest BCUT2D eigenvalue weighted by atomic mass is 9.84. The minimum absolute atomic E-state index is 0.00212. The number of hydrogen-bond donors (Lipinski definition) is 1. The summed E-state index contributed by atoms with van der Waals surface area (Å²) in [6, 6.07) is 47.2. The third kappa shape index (κ3) is 11.4. The van der Waals surface area contributed by atoms with E-state index in [1.54, 1.807) is 0 Å². The Balaban J connectivity index is 1.34. The second-order valence-corrected chi connectivity index (χ2v) is 18.6. The summed E-state index contributed by atoms with van der Waals surface area (Å²) in [5, 5.41) is 3.79. The molecule has 1 saturated heterocycles. The standard InChI is InChI=1S/C53H65N3O5S/c1-8-39(4)49(50(57)55(36-40-24-20-22-32-47(40)59-9-2)37-41-25-21-23-33-48(41)60-10-3)54-35-45-34-46(38-56(45)51(58)61-52(5,6)7)62-53(42-26-14-11-15-27-42,43-28-16-12-17-29-43)44-30-18-13-19-31-44/h11-33,39,45-46,49,54H,8-10,34-38H2,1-7H3/t39-,45+,46+,49-/m0/s1. The summed E-state index contributed by atoms with van der Waals surface area (Å²) in [6.45, 7) is 16.6. The second kappa shape index (κ2) is 21.7. The molecule has 0 aromatic heterocycles. The number of carbonyl (C=O) groups is 2. The molecule has 5 aromatic carbocycles. The Morgan fingerprint density at radius 3 is 1.60 bits per heavy atom. The third-order valence-electron chi connectivity index (χ3n) is 11.5. The SMILES string of the molecule is CCOc1ccccc1CN(Cc1ccccc1OCC)C(=O)[C@@H](NC[C@H]1C[C@@H](SC(c2ccccc2)(c2ccccc2)c2ccccc2)CN1C(=O)OC(C)(C)C)[C@@H](C)CC. The van der Waals surface area contributed by atoms with Crippen LogP contribution in [0.25, 0.3) is 0 Å². The van der Waals surface area contributed by atoms with Crippen LogP contribution in [-0.2, 0) is 27.4 Å². The van der Waals surface area contributed by atoms with Gasteiger partial charge in [-0.25, -0.2) is 4.79 Å². The third-order valence-corrected chi connectivity index (χ3v) is 13.3. The van der Waals surface area contributed by atoms with Crippen LogP contribution in [0.15, 0.2) is 140 Å². The molecule has 0 radical (unpaired) electrons. The largest absolute Gasteiger partial charge is 0.494 e. The van der Waals surface area contributed by atoms with Crippen LogP contribution in [0.3, 0.4) is 0 Å². The number of para-hydroxylation sites is 2. The summed E-state index contributed by atoms with van der Waals surface area (Å²) in [5.74, 6) is 1.51. The van der Waals surface area contributed by atoms with Gasteiger partial charge in [0.2, 0.25) is 5.91 Å². The number of ether oxygens (including phenoxy) is 3. The van der Waals surface area contributed by atoms with Gasteiger partial charge in [-0.1, -0.05) is 148 Å². The summed E-state index contributed by atoms with van der Waals surface area (Å²) >= 11 is 1.90. The first-order valence-corrected chi connectivity index (χ1v) is 23.1. The Kier molecular flexibility index (Phi) is 16.2. The van der Waals surface area contributed by atoms with Crippen molar-refractivity contribution >= 4 is 23.8 Å². The molecule has 0 unspecified atom stereocenters. The van der Waals surface area contributed by atoms with Crippen LogP contribution in [0, 0.1) is 5.92 Å². The highest BCUT2D eigenvalue weighted by molar-refractivity contribution is 8.01. The fourth-order valence-corrected chi connectivity index (χ4v) is 10.3. The van der Waals surface area contributed by atoms with E-state index in [1.807, 2.05) is 105 Å². The maximum absolute atomic E-state index is 15.2. The second-order valence-electron chi connectivity index (χ2n) is 17.1. The van der Waals surface area contributed by atoms with Crippen molar-refractivity contribution in [1.82, 2.24) is 15.1 Å². The molecule has 0 spiro atoms. The highest BCUT2D eigenvalue weighted by atomic mass is 32.2. The van der Waals surface area contributed by atoms with Gasteiger partial charge in [-0.2, -0.15) is 0 Å².